The average Bonchev–Trinajstić information content (AvgIpc) is 3.19. The van der Waals surface area contributed by atoms with E-state index in [9.17, 15) is 9.59 Å². The lowest BCUT2D eigenvalue weighted by atomic mass is 10.0. The van der Waals surface area contributed by atoms with Crippen molar-refractivity contribution in [3.63, 3.8) is 0 Å². The molecule has 25 heavy (non-hydrogen) atoms. The van der Waals surface area contributed by atoms with Crippen LogP contribution in [0.4, 0.5) is 0 Å². The molecule has 3 N–H and O–H groups in total. The molecule has 0 bridgehead atoms. The summed E-state index contributed by atoms with van der Waals surface area (Å²) in [5, 5.41) is 11.6. The van der Waals surface area contributed by atoms with E-state index in [1.807, 2.05) is 18.2 Å². The van der Waals surface area contributed by atoms with Crippen molar-refractivity contribution in [3.8, 4) is 11.1 Å². The standard InChI is InChI=1S/C19H20N2O4/c22-18(20-12-17-5-2-10-25-17)16-4-1-3-15(11-16)13-6-8-14(9-7-13)19(23)21-24/h1,3-4,6-9,11,17,24H,2,5,10,12H2,(H,20,22)(H,21,23). The zero-order valence-corrected chi connectivity index (χ0v) is 13.7. The van der Waals surface area contributed by atoms with Gasteiger partial charge < -0.3 is 10.1 Å². The van der Waals surface area contributed by atoms with Gasteiger partial charge in [0.25, 0.3) is 11.8 Å². The van der Waals surface area contributed by atoms with Crippen molar-refractivity contribution in [1.82, 2.24) is 10.8 Å². The van der Waals surface area contributed by atoms with E-state index in [1.54, 1.807) is 35.8 Å². The fraction of sp³-hybridized carbons (Fsp3) is 0.263. The number of carbonyl (C=O) groups excluding carboxylic acids is 2. The Kier molecular flexibility index (Phi) is 5.42. The lowest BCUT2D eigenvalue weighted by Crippen LogP contribution is -2.31. The highest BCUT2D eigenvalue weighted by atomic mass is 16.5. The molecule has 1 fully saturated rings. The Bertz CT molecular complexity index is 752. The molecular formula is C19H20N2O4. The summed E-state index contributed by atoms with van der Waals surface area (Å²) >= 11 is 0. The van der Waals surface area contributed by atoms with Crippen LogP contribution in [0.3, 0.4) is 0 Å². The third-order valence-corrected chi connectivity index (χ3v) is 4.22. The Labute approximate surface area is 145 Å². The first-order chi connectivity index (χ1) is 12.2. The van der Waals surface area contributed by atoms with Crippen LogP contribution in [-0.4, -0.2) is 36.3 Å². The first-order valence-electron chi connectivity index (χ1n) is 8.22. The number of nitrogens with one attached hydrogen (secondary N) is 2. The van der Waals surface area contributed by atoms with E-state index in [1.165, 1.54) is 0 Å². The first-order valence-corrected chi connectivity index (χ1v) is 8.22. The number of ether oxygens (including phenoxy) is 1. The van der Waals surface area contributed by atoms with Gasteiger partial charge in [0.15, 0.2) is 0 Å². The average molecular weight is 340 g/mol. The van der Waals surface area contributed by atoms with Crippen LogP contribution < -0.4 is 10.8 Å². The summed E-state index contributed by atoms with van der Waals surface area (Å²) in [6, 6.07) is 14.1. The molecule has 2 amide bonds. The predicted octanol–water partition coefficient (Wildman–Crippen LogP) is 2.38. The van der Waals surface area contributed by atoms with E-state index in [-0.39, 0.29) is 12.0 Å². The molecule has 2 aromatic rings. The van der Waals surface area contributed by atoms with Crippen molar-refractivity contribution in [3.05, 3.63) is 59.7 Å². The molecule has 2 aromatic carbocycles. The van der Waals surface area contributed by atoms with E-state index in [0.717, 1.165) is 30.6 Å². The Morgan fingerprint density at radius 2 is 1.84 bits per heavy atom. The second-order valence-corrected chi connectivity index (χ2v) is 5.94. The Balaban J connectivity index is 1.70. The van der Waals surface area contributed by atoms with Gasteiger partial charge in [-0.3, -0.25) is 14.8 Å². The summed E-state index contributed by atoms with van der Waals surface area (Å²) in [6.07, 6.45) is 2.13. The second kappa shape index (κ2) is 7.92. The van der Waals surface area contributed by atoms with E-state index in [2.05, 4.69) is 5.32 Å². The van der Waals surface area contributed by atoms with Gasteiger partial charge in [0.05, 0.1) is 6.10 Å². The molecule has 0 radical (unpaired) electrons. The van der Waals surface area contributed by atoms with E-state index in [4.69, 9.17) is 9.94 Å². The molecule has 1 atom stereocenters. The number of carbonyl (C=O) groups is 2. The zero-order chi connectivity index (χ0) is 17.6. The highest BCUT2D eigenvalue weighted by Gasteiger charge is 2.16. The highest BCUT2D eigenvalue weighted by molar-refractivity contribution is 5.96. The summed E-state index contributed by atoms with van der Waals surface area (Å²) in [4.78, 5) is 23.7. The molecule has 6 nitrogen and oxygen atoms in total. The minimum Gasteiger partial charge on any atom is -0.376 e. The molecule has 3 rings (SSSR count). The first kappa shape index (κ1) is 17.1. The maximum atomic E-state index is 12.3. The SMILES string of the molecule is O=C(NO)c1ccc(-c2cccc(C(=O)NCC3CCCO3)c2)cc1. The van der Waals surface area contributed by atoms with Gasteiger partial charge in [-0.25, -0.2) is 5.48 Å². The molecule has 1 unspecified atom stereocenters. The molecule has 1 aliphatic rings. The quantitative estimate of drug-likeness (QED) is 0.576. The fourth-order valence-electron chi connectivity index (χ4n) is 2.83. The monoisotopic (exact) mass is 340 g/mol. The number of hydroxylamine groups is 1. The Morgan fingerprint density at radius 1 is 1.04 bits per heavy atom. The number of hydrogen-bond donors (Lipinski definition) is 3. The molecule has 0 aliphatic carbocycles. The largest absolute Gasteiger partial charge is 0.376 e. The van der Waals surface area contributed by atoms with Crippen LogP contribution in [0.1, 0.15) is 33.6 Å². The van der Waals surface area contributed by atoms with Crippen molar-refractivity contribution in [1.29, 1.82) is 0 Å². The van der Waals surface area contributed by atoms with Crippen molar-refractivity contribution < 1.29 is 19.5 Å². The van der Waals surface area contributed by atoms with Crippen molar-refractivity contribution in [2.24, 2.45) is 0 Å². The van der Waals surface area contributed by atoms with Crippen LogP contribution in [0.25, 0.3) is 11.1 Å². The maximum absolute atomic E-state index is 12.3. The lowest BCUT2D eigenvalue weighted by Gasteiger charge is -2.11. The topological polar surface area (TPSA) is 87.7 Å². The minimum absolute atomic E-state index is 0.109. The number of hydrogen-bond acceptors (Lipinski definition) is 4. The molecule has 0 aromatic heterocycles. The highest BCUT2D eigenvalue weighted by Crippen LogP contribution is 2.21. The van der Waals surface area contributed by atoms with Gasteiger partial charge in [-0.1, -0.05) is 24.3 Å². The third-order valence-electron chi connectivity index (χ3n) is 4.22. The van der Waals surface area contributed by atoms with Crippen LogP contribution >= 0.6 is 0 Å². The molecule has 1 saturated heterocycles. The zero-order valence-electron chi connectivity index (χ0n) is 13.7. The van der Waals surface area contributed by atoms with Crippen LogP contribution in [0, 0.1) is 0 Å². The summed E-state index contributed by atoms with van der Waals surface area (Å²) in [7, 11) is 0. The van der Waals surface area contributed by atoms with Crippen molar-refractivity contribution >= 4 is 11.8 Å². The molecule has 0 spiro atoms. The fourth-order valence-corrected chi connectivity index (χ4v) is 2.83. The van der Waals surface area contributed by atoms with Crippen molar-refractivity contribution in [2.75, 3.05) is 13.2 Å². The van der Waals surface area contributed by atoms with Gasteiger partial charge in [-0.05, 0) is 48.2 Å². The smallest absolute Gasteiger partial charge is 0.274 e. The van der Waals surface area contributed by atoms with Crippen LogP contribution in [-0.2, 0) is 4.74 Å². The number of benzene rings is 2. The molecule has 0 saturated carbocycles. The molecule has 130 valence electrons. The van der Waals surface area contributed by atoms with Gasteiger partial charge in [-0.15, -0.1) is 0 Å². The predicted molar refractivity (Wildman–Crippen MR) is 92.4 cm³/mol. The van der Waals surface area contributed by atoms with E-state index < -0.39 is 5.91 Å². The van der Waals surface area contributed by atoms with Crippen LogP contribution in [0.5, 0.6) is 0 Å². The summed E-state index contributed by atoms with van der Waals surface area (Å²) in [5.41, 5.74) is 4.29. The minimum atomic E-state index is -0.561. The Hall–Kier alpha value is -2.70. The van der Waals surface area contributed by atoms with Crippen molar-refractivity contribution in [2.45, 2.75) is 18.9 Å². The van der Waals surface area contributed by atoms with E-state index in [0.29, 0.717) is 17.7 Å². The van der Waals surface area contributed by atoms with Gasteiger partial charge in [0.2, 0.25) is 0 Å². The maximum Gasteiger partial charge on any atom is 0.274 e. The molecular weight excluding hydrogens is 320 g/mol. The van der Waals surface area contributed by atoms with Crippen LogP contribution in [0.2, 0.25) is 0 Å². The third kappa shape index (κ3) is 4.23. The number of rotatable bonds is 5. The molecule has 6 heteroatoms. The Morgan fingerprint density at radius 3 is 2.52 bits per heavy atom. The van der Waals surface area contributed by atoms with Gasteiger partial charge in [0, 0.05) is 24.3 Å². The lowest BCUT2D eigenvalue weighted by molar-refractivity contribution is 0.0706. The number of amides is 2. The normalized spacial score (nSPS) is 16.4. The van der Waals surface area contributed by atoms with Gasteiger partial charge in [0.1, 0.15) is 0 Å². The van der Waals surface area contributed by atoms with Gasteiger partial charge in [-0.2, -0.15) is 0 Å². The van der Waals surface area contributed by atoms with E-state index >= 15 is 0 Å². The molecule has 1 aliphatic heterocycles. The summed E-state index contributed by atoms with van der Waals surface area (Å²) < 4.78 is 5.51. The summed E-state index contributed by atoms with van der Waals surface area (Å²) in [6.45, 7) is 1.29. The van der Waals surface area contributed by atoms with Crippen LogP contribution in [0.15, 0.2) is 48.5 Å². The second-order valence-electron chi connectivity index (χ2n) is 5.94. The van der Waals surface area contributed by atoms with Gasteiger partial charge >= 0.3 is 0 Å². The summed E-state index contributed by atoms with van der Waals surface area (Å²) in [5.74, 6) is -0.692. The molecule has 1 heterocycles.